The van der Waals surface area contributed by atoms with Gasteiger partial charge in [0, 0.05) is 32.8 Å². The summed E-state index contributed by atoms with van der Waals surface area (Å²) in [4.78, 5) is 7.56. The minimum atomic E-state index is 0.477. The lowest BCUT2D eigenvalue weighted by Gasteiger charge is -2.17. The van der Waals surface area contributed by atoms with Gasteiger partial charge in [-0.15, -0.1) is 0 Å². The summed E-state index contributed by atoms with van der Waals surface area (Å²) < 4.78 is 4.72. The number of aromatic nitrogens is 2. The highest BCUT2D eigenvalue weighted by Gasteiger charge is 2.20. The number of hydrogen-bond donors (Lipinski definition) is 0. The van der Waals surface area contributed by atoms with Crippen LogP contribution in [0.1, 0.15) is 0 Å². The molecule has 2 heterocycles. The molecule has 0 atom stereocenters. The van der Waals surface area contributed by atoms with Crippen LogP contribution in [-0.2, 0) is 0 Å². The Balaban J connectivity index is 1.33. The summed E-state index contributed by atoms with van der Waals surface area (Å²) in [6, 6.07) is 54.6. The molecule has 4 heteroatoms. The molecule has 2 aromatic heterocycles. The molecule has 0 radical (unpaired) electrons. The minimum absolute atomic E-state index is 0.477. The molecule has 9 rings (SSSR count). The van der Waals surface area contributed by atoms with E-state index >= 15 is 0 Å². The third-order valence-electron chi connectivity index (χ3n) is 9.37. The zero-order valence-corrected chi connectivity index (χ0v) is 25.8. The van der Waals surface area contributed by atoms with Crippen LogP contribution < -0.4 is 0 Å². The van der Waals surface area contributed by atoms with Crippen molar-refractivity contribution >= 4 is 55.0 Å². The van der Waals surface area contributed by atoms with E-state index < -0.39 is 0 Å². The highest BCUT2D eigenvalue weighted by atomic mass is 15.0. The van der Waals surface area contributed by atoms with Crippen molar-refractivity contribution in [2.45, 2.75) is 0 Å². The molecule has 7 aromatic carbocycles. The maximum absolute atomic E-state index is 7.83. The fourth-order valence-corrected chi connectivity index (χ4v) is 7.31. The van der Waals surface area contributed by atoms with E-state index in [1.165, 1.54) is 32.6 Å². The molecule has 48 heavy (non-hydrogen) atoms. The number of fused-ring (bicyclic) bond motifs is 6. The standard InChI is InChI=1S/C44H26N4/c1-45-37-18-12-19-38(46-2)44(37)30-23-25-42(35(27-30)29-13-4-3-5-14-29)48-41-22-11-8-17-34(41)36-28-31(24-26-43(36)48)47-39-20-9-6-15-32(39)33-16-7-10-21-40(33)47/h3-28H. The van der Waals surface area contributed by atoms with Gasteiger partial charge in [0.15, 0.2) is 11.4 Å². The summed E-state index contributed by atoms with van der Waals surface area (Å²) in [6.07, 6.45) is 0. The van der Waals surface area contributed by atoms with Crippen molar-refractivity contribution in [3.63, 3.8) is 0 Å². The number of benzene rings is 7. The summed E-state index contributed by atoms with van der Waals surface area (Å²) in [5.74, 6) is 0. The fraction of sp³-hybridized carbons (Fsp3) is 0. The molecule has 4 nitrogen and oxygen atoms in total. The van der Waals surface area contributed by atoms with Crippen molar-refractivity contribution < 1.29 is 0 Å². The number of para-hydroxylation sites is 3. The second-order valence-electron chi connectivity index (χ2n) is 11.9. The lowest BCUT2D eigenvalue weighted by atomic mass is 9.95. The van der Waals surface area contributed by atoms with Crippen LogP contribution in [0, 0.1) is 13.1 Å². The average molecular weight is 611 g/mol. The monoisotopic (exact) mass is 610 g/mol. The minimum Gasteiger partial charge on any atom is -0.309 e. The largest absolute Gasteiger partial charge is 0.309 e. The molecule has 0 saturated carbocycles. The normalized spacial score (nSPS) is 11.3. The van der Waals surface area contributed by atoms with Gasteiger partial charge < -0.3 is 9.13 Å². The lowest BCUT2D eigenvalue weighted by Crippen LogP contribution is -1.98. The molecular formula is C44H26N4. The van der Waals surface area contributed by atoms with Gasteiger partial charge in [0.1, 0.15) is 0 Å². The van der Waals surface area contributed by atoms with Gasteiger partial charge in [-0.2, -0.15) is 0 Å². The Morgan fingerprint density at radius 3 is 1.56 bits per heavy atom. The highest BCUT2D eigenvalue weighted by Crippen LogP contribution is 2.43. The predicted octanol–water partition coefficient (Wildman–Crippen LogP) is 12.3. The second-order valence-corrected chi connectivity index (χ2v) is 11.9. The number of nitrogens with zero attached hydrogens (tertiary/aromatic N) is 4. The van der Waals surface area contributed by atoms with E-state index in [2.05, 4.69) is 134 Å². The van der Waals surface area contributed by atoms with Gasteiger partial charge in [-0.25, -0.2) is 9.69 Å². The molecule has 222 valence electrons. The average Bonchev–Trinajstić information content (AvgIpc) is 3.67. The first kappa shape index (κ1) is 27.4. The topological polar surface area (TPSA) is 18.6 Å². The SMILES string of the molecule is [C-]#[N+]c1cccc([N+]#[C-])c1-c1ccc(-n2c3ccccc3c3cc(-n4c5ccccc5c5ccccc54)ccc32)c(-c2ccccc2)c1. The summed E-state index contributed by atoms with van der Waals surface area (Å²) >= 11 is 0. The van der Waals surface area contributed by atoms with Crippen LogP contribution in [0.4, 0.5) is 11.4 Å². The van der Waals surface area contributed by atoms with Crippen molar-refractivity contribution in [3.05, 3.63) is 181 Å². The summed E-state index contributed by atoms with van der Waals surface area (Å²) in [7, 11) is 0. The Kier molecular flexibility index (Phi) is 6.22. The molecule has 0 N–H and O–H groups in total. The zero-order valence-electron chi connectivity index (χ0n) is 25.8. The molecule has 0 fully saturated rings. The summed E-state index contributed by atoms with van der Waals surface area (Å²) in [5, 5.41) is 4.82. The van der Waals surface area contributed by atoms with Crippen molar-refractivity contribution in [1.29, 1.82) is 0 Å². The van der Waals surface area contributed by atoms with E-state index in [4.69, 9.17) is 13.1 Å². The Labute approximate surface area is 277 Å². The smallest absolute Gasteiger partial charge is 0.184 e. The zero-order chi connectivity index (χ0) is 32.2. The fourth-order valence-electron chi connectivity index (χ4n) is 7.31. The number of hydrogen-bond acceptors (Lipinski definition) is 0. The first-order valence-electron chi connectivity index (χ1n) is 15.8. The number of rotatable bonds is 4. The molecule has 0 aliphatic carbocycles. The van der Waals surface area contributed by atoms with Gasteiger partial charge in [-0.05, 0) is 65.2 Å². The maximum atomic E-state index is 7.83. The van der Waals surface area contributed by atoms with E-state index in [1.807, 2.05) is 24.3 Å². The van der Waals surface area contributed by atoms with Crippen LogP contribution in [-0.4, -0.2) is 9.13 Å². The van der Waals surface area contributed by atoms with Crippen molar-refractivity contribution in [3.8, 4) is 33.6 Å². The Morgan fingerprint density at radius 2 is 0.938 bits per heavy atom. The predicted molar refractivity (Wildman–Crippen MR) is 199 cm³/mol. The lowest BCUT2D eigenvalue weighted by molar-refractivity contribution is 1.17. The molecule has 0 unspecified atom stereocenters. The van der Waals surface area contributed by atoms with Crippen LogP contribution in [0.5, 0.6) is 0 Å². The van der Waals surface area contributed by atoms with E-state index in [-0.39, 0.29) is 0 Å². The van der Waals surface area contributed by atoms with Crippen LogP contribution in [0.15, 0.2) is 158 Å². The van der Waals surface area contributed by atoms with Crippen LogP contribution >= 0.6 is 0 Å². The van der Waals surface area contributed by atoms with Gasteiger partial charge in [0.05, 0.1) is 40.9 Å². The molecule has 0 aliphatic rings. The van der Waals surface area contributed by atoms with Crippen LogP contribution in [0.3, 0.4) is 0 Å². The molecule has 0 aliphatic heterocycles. The second kappa shape index (κ2) is 10.9. The van der Waals surface area contributed by atoms with Gasteiger partial charge in [0.25, 0.3) is 0 Å². The molecule has 0 spiro atoms. The molecule has 9 aromatic rings. The quantitative estimate of drug-likeness (QED) is 0.177. The van der Waals surface area contributed by atoms with Gasteiger partial charge in [-0.3, -0.25) is 0 Å². The van der Waals surface area contributed by atoms with Gasteiger partial charge in [0.2, 0.25) is 0 Å². The van der Waals surface area contributed by atoms with Crippen LogP contribution in [0.2, 0.25) is 0 Å². The molecule has 0 amide bonds. The maximum Gasteiger partial charge on any atom is 0.184 e. The Morgan fingerprint density at radius 1 is 0.396 bits per heavy atom. The van der Waals surface area contributed by atoms with Gasteiger partial charge >= 0.3 is 0 Å². The van der Waals surface area contributed by atoms with Gasteiger partial charge in [-0.1, -0.05) is 109 Å². The van der Waals surface area contributed by atoms with Crippen molar-refractivity contribution in [1.82, 2.24) is 9.13 Å². The van der Waals surface area contributed by atoms with Crippen LogP contribution in [0.25, 0.3) is 86.9 Å². The molecular weight excluding hydrogens is 585 g/mol. The van der Waals surface area contributed by atoms with E-state index in [0.29, 0.717) is 16.9 Å². The first-order chi connectivity index (χ1) is 23.7. The summed E-state index contributed by atoms with van der Waals surface area (Å²) in [6.45, 7) is 15.7. The third kappa shape index (κ3) is 4.07. The van der Waals surface area contributed by atoms with Crippen molar-refractivity contribution in [2.24, 2.45) is 0 Å². The van der Waals surface area contributed by atoms with E-state index in [9.17, 15) is 0 Å². The molecule has 0 saturated heterocycles. The van der Waals surface area contributed by atoms with E-state index in [1.54, 1.807) is 18.2 Å². The van der Waals surface area contributed by atoms with E-state index in [0.717, 1.165) is 39.1 Å². The van der Waals surface area contributed by atoms with Crippen molar-refractivity contribution in [2.75, 3.05) is 0 Å². The molecule has 0 bridgehead atoms. The highest BCUT2D eigenvalue weighted by molar-refractivity contribution is 6.12. The first-order valence-corrected chi connectivity index (χ1v) is 15.8. The summed E-state index contributed by atoms with van der Waals surface area (Å²) in [5.41, 5.74) is 11.3. The Bertz CT molecular complexity index is 2720. The third-order valence-corrected chi connectivity index (χ3v) is 9.37. The Hall–Kier alpha value is -6.88.